The SMILES string of the molecule is CSC1CSC2=[N+](C(=O)C2NC(=O)C(=NOCC(=O)OC(C)(C)C)c2csc(NC=O)n2)C1C(=O)O. The average Bonchev–Trinajstić information content (AvgIpc) is 3.26. The van der Waals surface area contributed by atoms with Gasteiger partial charge in [0.1, 0.15) is 11.3 Å². The number of rotatable bonds is 10. The second kappa shape index (κ2) is 11.4. The van der Waals surface area contributed by atoms with Crippen LogP contribution in [0.25, 0.3) is 0 Å². The third kappa shape index (κ3) is 6.22. The summed E-state index contributed by atoms with van der Waals surface area (Å²) >= 11 is 3.67. The van der Waals surface area contributed by atoms with Crippen LogP contribution in [0.2, 0.25) is 0 Å². The minimum atomic E-state index is -1.12. The Bertz CT molecular complexity index is 1140. The lowest BCUT2D eigenvalue weighted by Gasteiger charge is -2.33. The third-order valence-corrected chi connectivity index (χ3v) is 8.00. The summed E-state index contributed by atoms with van der Waals surface area (Å²) in [5, 5.41) is 20.0. The van der Waals surface area contributed by atoms with Crippen molar-refractivity contribution in [3.63, 3.8) is 0 Å². The number of oxime groups is 1. The monoisotopic (exact) mass is 558 g/mol. The van der Waals surface area contributed by atoms with E-state index in [9.17, 15) is 29.1 Å². The van der Waals surface area contributed by atoms with Crippen LogP contribution in [0, 0.1) is 0 Å². The fraction of sp³-hybridized carbons (Fsp3) is 0.500. The van der Waals surface area contributed by atoms with Crippen LogP contribution in [-0.2, 0) is 33.5 Å². The Morgan fingerprint density at radius 3 is 2.72 bits per heavy atom. The summed E-state index contributed by atoms with van der Waals surface area (Å²) in [7, 11) is 0. The van der Waals surface area contributed by atoms with Gasteiger partial charge < -0.3 is 25.3 Å². The number of nitrogens with zero attached hydrogens (tertiary/aromatic N) is 3. The van der Waals surface area contributed by atoms with Crippen molar-refractivity contribution in [2.45, 2.75) is 43.7 Å². The molecule has 0 fully saturated rings. The van der Waals surface area contributed by atoms with Crippen LogP contribution < -0.4 is 10.6 Å². The largest absolute Gasteiger partial charge is 0.476 e. The van der Waals surface area contributed by atoms with Crippen molar-refractivity contribution >= 4 is 80.9 Å². The normalized spacial score (nSPS) is 21.7. The van der Waals surface area contributed by atoms with Crippen molar-refractivity contribution in [2.75, 3.05) is 23.9 Å². The molecule has 0 radical (unpaired) electrons. The number of hydrogen-bond acceptors (Lipinski definition) is 12. The van der Waals surface area contributed by atoms with Crippen molar-refractivity contribution in [1.29, 1.82) is 0 Å². The molecule has 3 rings (SSSR count). The van der Waals surface area contributed by atoms with E-state index in [2.05, 4.69) is 20.8 Å². The highest BCUT2D eigenvalue weighted by Gasteiger charge is 2.60. The predicted molar refractivity (Wildman–Crippen MR) is 134 cm³/mol. The van der Waals surface area contributed by atoms with Gasteiger partial charge in [0.25, 0.3) is 17.0 Å². The van der Waals surface area contributed by atoms with E-state index in [0.29, 0.717) is 17.2 Å². The van der Waals surface area contributed by atoms with E-state index in [0.717, 1.165) is 11.3 Å². The maximum Gasteiger partial charge on any atom is 0.422 e. The van der Waals surface area contributed by atoms with E-state index >= 15 is 0 Å². The summed E-state index contributed by atoms with van der Waals surface area (Å²) in [4.78, 5) is 69.4. The van der Waals surface area contributed by atoms with Gasteiger partial charge in [0.05, 0.1) is 5.25 Å². The molecular weight excluding hydrogens is 534 g/mol. The first-order valence-electron chi connectivity index (χ1n) is 10.4. The van der Waals surface area contributed by atoms with Crippen LogP contribution in [0.15, 0.2) is 10.5 Å². The topological polar surface area (TPSA) is 176 Å². The average molecular weight is 559 g/mol. The molecule has 2 aliphatic rings. The van der Waals surface area contributed by atoms with Gasteiger partial charge in [-0.25, -0.2) is 19.4 Å². The maximum atomic E-state index is 13.1. The molecule has 0 saturated heterocycles. The molecule has 0 saturated carbocycles. The molecule has 0 bridgehead atoms. The smallest absolute Gasteiger partial charge is 0.422 e. The van der Waals surface area contributed by atoms with E-state index in [1.54, 1.807) is 27.0 Å². The van der Waals surface area contributed by atoms with Crippen LogP contribution >= 0.6 is 34.9 Å². The van der Waals surface area contributed by atoms with Gasteiger partial charge in [0.15, 0.2) is 10.8 Å². The van der Waals surface area contributed by atoms with Crippen molar-refractivity contribution < 1.29 is 43.2 Å². The standard InChI is InChI=1S/C20H23N5O8S3/c1-20(2,3)33-11(27)5-32-24-12(9-6-36-19(22-9)21-8-26)15(28)23-13-16(29)25-14(18(30)31)10(34-4)7-35-17(13)25/h6,8,10,13-14H,5,7H2,1-4H3,(H2-,21,22,23,26,28,30,31)/p+1. The summed E-state index contributed by atoms with van der Waals surface area (Å²) in [6, 6.07) is -2.09. The van der Waals surface area contributed by atoms with Gasteiger partial charge in [-0.05, 0) is 27.0 Å². The van der Waals surface area contributed by atoms with Crippen molar-refractivity contribution in [3.05, 3.63) is 11.1 Å². The number of thioether (sulfide) groups is 2. The molecule has 3 N–H and O–H groups in total. The minimum absolute atomic E-state index is 0.0295. The van der Waals surface area contributed by atoms with Gasteiger partial charge in [-0.1, -0.05) is 16.9 Å². The fourth-order valence-corrected chi connectivity index (χ4v) is 6.38. The lowest BCUT2D eigenvalue weighted by molar-refractivity contribution is -0.494. The molecule has 0 spiro atoms. The summed E-state index contributed by atoms with van der Waals surface area (Å²) in [6.07, 6.45) is 2.19. The number of nitrogens with one attached hydrogen (secondary N) is 2. The minimum Gasteiger partial charge on any atom is -0.476 e. The van der Waals surface area contributed by atoms with E-state index in [1.807, 2.05) is 0 Å². The number of carbonyl (C=O) groups excluding carboxylic acids is 4. The highest BCUT2D eigenvalue weighted by molar-refractivity contribution is 8.15. The molecule has 1 aromatic heterocycles. The molecule has 3 heterocycles. The molecule has 194 valence electrons. The first-order chi connectivity index (χ1) is 17.0. The van der Waals surface area contributed by atoms with Gasteiger partial charge in [-0.3, -0.25) is 9.59 Å². The fourth-order valence-electron chi connectivity index (χ4n) is 3.29. The van der Waals surface area contributed by atoms with Gasteiger partial charge >= 0.3 is 17.8 Å². The molecule has 1 aromatic rings. The number of carboxylic acid groups (broad SMARTS) is 1. The number of carbonyl (C=O) groups is 5. The number of ether oxygens (including phenoxy) is 1. The summed E-state index contributed by atoms with van der Waals surface area (Å²) in [5.41, 5.74) is -1.07. The van der Waals surface area contributed by atoms with Crippen LogP contribution in [0.1, 0.15) is 26.5 Å². The Balaban J connectivity index is 1.80. The van der Waals surface area contributed by atoms with Crippen molar-refractivity contribution in [3.8, 4) is 0 Å². The molecule has 16 heteroatoms. The van der Waals surface area contributed by atoms with Crippen LogP contribution in [0.3, 0.4) is 0 Å². The Morgan fingerprint density at radius 1 is 1.39 bits per heavy atom. The van der Waals surface area contributed by atoms with Crippen molar-refractivity contribution in [2.24, 2.45) is 5.16 Å². The zero-order valence-corrected chi connectivity index (χ0v) is 22.1. The van der Waals surface area contributed by atoms with E-state index < -0.39 is 48.0 Å². The Hall–Kier alpha value is -2.98. The Morgan fingerprint density at radius 2 is 2.11 bits per heavy atom. The number of carboxylic acids is 1. The summed E-state index contributed by atoms with van der Waals surface area (Å²) in [6.45, 7) is 4.46. The second-order valence-electron chi connectivity index (χ2n) is 8.42. The Kier molecular flexibility index (Phi) is 8.73. The second-order valence-corrected chi connectivity index (χ2v) is 11.4. The van der Waals surface area contributed by atoms with Gasteiger partial charge in [0, 0.05) is 11.1 Å². The molecule has 13 nitrogen and oxygen atoms in total. The number of hydrogen-bond donors (Lipinski definition) is 3. The number of thiazole rings is 1. The van der Waals surface area contributed by atoms with Crippen LogP contribution in [-0.4, -0.2) is 97.1 Å². The predicted octanol–water partition coefficient (Wildman–Crippen LogP) is 0.141. The van der Waals surface area contributed by atoms with E-state index in [-0.39, 0.29) is 21.8 Å². The van der Waals surface area contributed by atoms with Gasteiger partial charge in [0.2, 0.25) is 19.1 Å². The molecule has 0 aliphatic carbocycles. The first kappa shape index (κ1) is 27.6. The Labute approximate surface area is 218 Å². The summed E-state index contributed by atoms with van der Waals surface area (Å²) in [5.74, 6) is -2.79. The molecular formula is C20H24N5O8S3+. The number of aromatic nitrogens is 1. The third-order valence-electron chi connectivity index (χ3n) is 4.73. The number of aliphatic carboxylic acids is 1. The number of anilines is 1. The number of amides is 3. The molecule has 3 amide bonds. The zero-order valence-electron chi connectivity index (χ0n) is 19.7. The van der Waals surface area contributed by atoms with E-state index in [1.165, 1.54) is 33.5 Å². The molecule has 2 aliphatic heterocycles. The maximum absolute atomic E-state index is 13.1. The van der Waals surface area contributed by atoms with Crippen molar-refractivity contribution in [1.82, 2.24) is 10.3 Å². The highest BCUT2D eigenvalue weighted by atomic mass is 32.2. The van der Waals surface area contributed by atoms with Gasteiger partial charge in [-0.2, -0.15) is 11.8 Å². The number of esters is 1. The van der Waals surface area contributed by atoms with Crippen LogP contribution in [0.5, 0.6) is 0 Å². The summed E-state index contributed by atoms with van der Waals surface area (Å²) < 4.78 is 6.32. The lowest BCUT2D eigenvalue weighted by atomic mass is 10.1. The molecule has 3 unspecified atom stereocenters. The zero-order chi connectivity index (χ0) is 26.6. The van der Waals surface area contributed by atoms with Gasteiger partial charge in [-0.15, -0.1) is 15.9 Å². The highest BCUT2D eigenvalue weighted by Crippen LogP contribution is 2.32. The lowest BCUT2D eigenvalue weighted by Crippen LogP contribution is -2.68. The van der Waals surface area contributed by atoms with E-state index in [4.69, 9.17) is 9.57 Å². The quantitative estimate of drug-likeness (QED) is 0.117. The molecule has 3 atom stereocenters. The molecule has 0 aromatic carbocycles. The van der Waals surface area contributed by atoms with Crippen LogP contribution in [0.4, 0.5) is 5.13 Å². The molecule has 36 heavy (non-hydrogen) atoms. The first-order valence-corrected chi connectivity index (χ1v) is 13.6.